The van der Waals surface area contributed by atoms with E-state index in [1.54, 1.807) is 7.11 Å². The molecule has 0 unspecified atom stereocenters. The molecule has 0 atom stereocenters. The number of aromatic nitrogens is 4. The van der Waals surface area contributed by atoms with E-state index in [-0.39, 0.29) is 5.54 Å². The van der Waals surface area contributed by atoms with Crippen LogP contribution in [0.5, 0.6) is 17.2 Å². The van der Waals surface area contributed by atoms with E-state index >= 15 is 0 Å². The summed E-state index contributed by atoms with van der Waals surface area (Å²) in [5, 5.41) is 16.6. The molecule has 2 aromatic carbocycles. The Labute approximate surface area is 175 Å². The molecule has 0 bridgehead atoms. The number of methoxy groups -OCH3 is 1. The van der Waals surface area contributed by atoms with Gasteiger partial charge in [-0.1, -0.05) is 19.3 Å². The van der Waals surface area contributed by atoms with Crippen LogP contribution < -0.4 is 19.5 Å². The second kappa shape index (κ2) is 7.85. The van der Waals surface area contributed by atoms with Crippen LogP contribution in [0.1, 0.15) is 37.9 Å². The van der Waals surface area contributed by atoms with Gasteiger partial charge in [0.05, 0.1) is 18.3 Å². The molecule has 0 amide bonds. The highest BCUT2D eigenvalue weighted by Gasteiger charge is 2.39. The normalized spacial score (nSPS) is 17.4. The molecule has 30 heavy (non-hydrogen) atoms. The summed E-state index contributed by atoms with van der Waals surface area (Å²) in [7, 11) is 1.67. The third kappa shape index (κ3) is 3.42. The molecule has 8 nitrogen and oxygen atoms in total. The summed E-state index contributed by atoms with van der Waals surface area (Å²) < 4.78 is 18.5. The van der Waals surface area contributed by atoms with Crippen LogP contribution in [0.4, 0.5) is 5.69 Å². The van der Waals surface area contributed by atoms with Crippen molar-refractivity contribution >= 4 is 5.69 Å². The molecule has 2 heterocycles. The number of rotatable bonds is 5. The summed E-state index contributed by atoms with van der Waals surface area (Å²) in [5.41, 5.74) is 1.54. The Balaban J connectivity index is 1.52. The summed E-state index contributed by atoms with van der Waals surface area (Å²) in [6.07, 6.45) is 5.39. The van der Waals surface area contributed by atoms with Gasteiger partial charge < -0.3 is 19.5 Å². The van der Waals surface area contributed by atoms with Crippen LogP contribution >= 0.6 is 0 Å². The van der Waals surface area contributed by atoms with Gasteiger partial charge in [0.1, 0.15) is 19.0 Å². The summed E-state index contributed by atoms with van der Waals surface area (Å²) >= 11 is 0. The first-order chi connectivity index (χ1) is 14.8. The summed E-state index contributed by atoms with van der Waals surface area (Å²) in [4.78, 5) is 0. The number of anilines is 1. The zero-order valence-corrected chi connectivity index (χ0v) is 17.0. The summed E-state index contributed by atoms with van der Waals surface area (Å²) in [5.74, 6) is 3.12. The molecule has 1 N–H and O–H groups in total. The van der Waals surface area contributed by atoms with Crippen molar-refractivity contribution in [2.75, 3.05) is 25.6 Å². The molecular weight excluding hydrogens is 382 g/mol. The number of ether oxygens (including phenoxy) is 3. The van der Waals surface area contributed by atoms with Gasteiger partial charge in [0.25, 0.3) is 0 Å². The monoisotopic (exact) mass is 407 g/mol. The minimum absolute atomic E-state index is 0.344. The number of tetrazole rings is 1. The number of nitrogens with one attached hydrogen (secondary N) is 1. The van der Waals surface area contributed by atoms with Crippen LogP contribution in [0.25, 0.3) is 5.69 Å². The van der Waals surface area contributed by atoms with Crippen LogP contribution in [0.2, 0.25) is 0 Å². The molecule has 1 fully saturated rings. The highest BCUT2D eigenvalue weighted by molar-refractivity contribution is 5.52. The number of hydrogen-bond acceptors (Lipinski definition) is 7. The predicted molar refractivity (Wildman–Crippen MR) is 112 cm³/mol. The van der Waals surface area contributed by atoms with E-state index in [0.29, 0.717) is 13.2 Å². The Morgan fingerprint density at radius 1 is 0.967 bits per heavy atom. The Kier molecular flexibility index (Phi) is 4.90. The van der Waals surface area contributed by atoms with Crippen molar-refractivity contribution in [3.63, 3.8) is 0 Å². The van der Waals surface area contributed by atoms with Gasteiger partial charge >= 0.3 is 0 Å². The maximum absolute atomic E-state index is 5.76. The van der Waals surface area contributed by atoms with Gasteiger partial charge in [-0.05, 0) is 59.7 Å². The quantitative estimate of drug-likeness (QED) is 0.690. The smallest absolute Gasteiger partial charge is 0.181 e. The first kappa shape index (κ1) is 18.7. The maximum atomic E-state index is 5.76. The second-order valence-corrected chi connectivity index (χ2v) is 7.74. The molecule has 3 aromatic rings. The van der Waals surface area contributed by atoms with Gasteiger partial charge in [0.2, 0.25) is 0 Å². The molecule has 2 aliphatic rings. The highest BCUT2D eigenvalue weighted by Crippen LogP contribution is 2.40. The number of hydrogen-bond donors (Lipinski definition) is 1. The van der Waals surface area contributed by atoms with Crippen molar-refractivity contribution in [3.8, 4) is 22.9 Å². The zero-order valence-electron chi connectivity index (χ0n) is 17.0. The van der Waals surface area contributed by atoms with Crippen molar-refractivity contribution in [1.29, 1.82) is 0 Å². The number of benzene rings is 2. The maximum Gasteiger partial charge on any atom is 0.181 e. The lowest BCUT2D eigenvalue weighted by Crippen LogP contribution is -2.40. The SMILES string of the molecule is COc1ccc(NC2(c3nnnn3-c3ccc4c(c3)OCCO4)CCCCC2)cc1. The van der Waals surface area contributed by atoms with Crippen molar-refractivity contribution < 1.29 is 14.2 Å². The molecule has 5 rings (SSSR count). The predicted octanol–water partition coefficient (Wildman–Crippen LogP) is 3.71. The Hall–Kier alpha value is -3.29. The van der Waals surface area contributed by atoms with E-state index in [1.807, 2.05) is 47.1 Å². The van der Waals surface area contributed by atoms with Crippen LogP contribution in [0, 0.1) is 0 Å². The van der Waals surface area contributed by atoms with Crippen molar-refractivity contribution in [2.24, 2.45) is 0 Å². The van der Waals surface area contributed by atoms with Crippen molar-refractivity contribution in [2.45, 2.75) is 37.6 Å². The van der Waals surface area contributed by atoms with Crippen molar-refractivity contribution in [1.82, 2.24) is 20.2 Å². The minimum Gasteiger partial charge on any atom is -0.497 e. The summed E-state index contributed by atoms with van der Waals surface area (Å²) in [6, 6.07) is 13.8. The molecule has 1 aromatic heterocycles. The van der Waals surface area contributed by atoms with E-state index in [2.05, 4.69) is 20.8 Å². The Bertz CT molecular complexity index is 1010. The second-order valence-electron chi connectivity index (χ2n) is 7.74. The standard InChI is InChI=1S/C22H25N5O3/c1-28-18-8-5-16(6-9-18)23-22(11-3-2-4-12-22)21-24-25-26-27(21)17-7-10-19-20(15-17)30-14-13-29-19/h5-10,15,23H,2-4,11-14H2,1H3. The van der Waals surface area contributed by atoms with Crippen LogP contribution in [-0.4, -0.2) is 40.5 Å². The molecule has 1 saturated carbocycles. The lowest BCUT2D eigenvalue weighted by Gasteiger charge is -2.37. The zero-order chi connectivity index (χ0) is 20.4. The minimum atomic E-state index is -0.344. The fraction of sp³-hybridized carbons (Fsp3) is 0.409. The van der Waals surface area contributed by atoms with Crippen LogP contribution in [0.15, 0.2) is 42.5 Å². The van der Waals surface area contributed by atoms with Gasteiger partial charge in [0, 0.05) is 11.8 Å². The number of fused-ring (bicyclic) bond motifs is 1. The van der Waals surface area contributed by atoms with Gasteiger partial charge in [-0.3, -0.25) is 0 Å². The van der Waals surface area contributed by atoms with E-state index in [0.717, 1.165) is 60.1 Å². The fourth-order valence-corrected chi connectivity index (χ4v) is 4.33. The van der Waals surface area contributed by atoms with Crippen LogP contribution in [-0.2, 0) is 5.54 Å². The molecule has 1 aliphatic heterocycles. The lowest BCUT2D eigenvalue weighted by atomic mass is 9.80. The lowest BCUT2D eigenvalue weighted by molar-refractivity contribution is 0.171. The molecule has 1 aliphatic carbocycles. The third-order valence-corrected chi connectivity index (χ3v) is 5.85. The molecular formula is C22H25N5O3. The third-order valence-electron chi connectivity index (χ3n) is 5.85. The summed E-state index contributed by atoms with van der Waals surface area (Å²) in [6.45, 7) is 1.11. The van der Waals surface area contributed by atoms with Crippen LogP contribution in [0.3, 0.4) is 0 Å². The van der Waals surface area contributed by atoms with E-state index in [9.17, 15) is 0 Å². The van der Waals surface area contributed by atoms with Gasteiger partial charge in [-0.15, -0.1) is 5.10 Å². The highest BCUT2D eigenvalue weighted by atomic mass is 16.6. The molecule has 8 heteroatoms. The van der Waals surface area contributed by atoms with Gasteiger partial charge in [-0.25, -0.2) is 0 Å². The average molecular weight is 407 g/mol. The average Bonchev–Trinajstić information content (AvgIpc) is 3.31. The number of nitrogens with zero attached hydrogens (tertiary/aromatic N) is 4. The fourth-order valence-electron chi connectivity index (χ4n) is 4.33. The molecule has 0 spiro atoms. The van der Waals surface area contributed by atoms with Gasteiger partial charge in [-0.2, -0.15) is 4.68 Å². The van der Waals surface area contributed by atoms with Crippen molar-refractivity contribution in [3.05, 3.63) is 48.3 Å². The molecule has 0 radical (unpaired) electrons. The Morgan fingerprint density at radius 3 is 2.50 bits per heavy atom. The topological polar surface area (TPSA) is 83.3 Å². The molecule has 0 saturated heterocycles. The van der Waals surface area contributed by atoms with E-state index < -0.39 is 0 Å². The Morgan fingerprint density at radius 2 is 1.73 bits per heavy atom. The van der Waals surface area contributed by atoms with E-state index in [1.165, 1.54) is 6.42 Å². The first-order valence-electron chi connectivity index (χ1n) is 10.4. The first-order valence-corrected chi connectivity index (χ1v) is 10.4. The van der Waals surface area contributed by atoms with Gasteiger partial charge in [0.15, 0.2) is 17.3 Å². The van der Waals surface area contributed by atoms with E-state index in [4.69, 9.17) is 14.2 Å². The largest absolute Gasteiger partial charge is 0.497 e. The molecule has 156 valence electrons.